The first kappa shape index (κ1) is 14.0. The summed E-state index contributed by atoms with van der Waals surface area (Å²) in [7, 11) is 0. The molecule has 1 aliphatic rings. The predicted molar refractivity (Wildman–Crippen MR) is 68.6 cm³/mol. The summed E-state index contributed by atoms with van der Waals surface area (Å²) in [4.78, 5) is 10.4. The Hall–Kier alpha value is -1.37. The third kappa shape index (κ3) is 2.80. The lowest BCUT2D eigenvalue weighted by molar-refractivity contribution is -0.386. The Balaban J connectivity index is 2.17. The summed E-state index contributed by atoms with van der Waals surface area (Å²) in [6.45, 7) is 2.24. The van der Waals surface area contributed by atoms with Gasteiger partial charge < -0.3 is 14.6 Å². The van der Waals surface area contributed by atoms with Crippen LogP contribution in [-0.2, 0) is 4.74 Å². The predicted octanol–water partition coefficient (Wildman–Crippen LogP) is 2.17. The van der Waals surface area contributed by atoms with E-state index in [9.17, 15) is 15.2 Å². The van der Waals surface area contributed by atoms with Gasteiger partial charge >= 0.3 is 5.69 Å². The van der Waals surface area contributed by atoms with Crippen LogP contribution in [0.15, 0.2) is 18.2 Å². The van der Waals surface area contributed by atoms with E-state index in [-0.39, 0.29) is 16.5 Å². The zero-order valence-electron chi connectivity index (χ0n) is 10.3. The Bertz CT molecular complexity index is 481. The van der Waals surface area contributed by atoms with E-state index in [0.29, 0.717) is 13.0 Å². The van der Waals surface area contributed by atoms with Crippen LogP contribution in [0.2, 0.25) is 5.02 Å². The number of aliphatic hydroxyl groups is 1. The van der Waals surface area contributed by atoms with Gasteiger partial charge in [0.1, 0.15) is 12.2 Å². The molecule has 3 unspecified atom stereocenters. The molecule has 6 nitrogen and oxygen atoms in total. The number of para-hydroxylation sites is 1. The van der Waals surface area contributed by atoms with Gasteiger partial charge in [0.2, 0.25) is 5.75 Å². The Labute approximate surface area is 115 Å². The van der Waals surface area contributed by atoms with Crippen LogP contribution in [0, 0.1) is 10.1 Å². The molecule has 0 radical (unpaired) electrons. The highest BCUT2D eigenvalue weighted by Gasteiger charge is 2.43. The van der Waals surface area contributed by atoms with E-state index >= 15 is 0 Å². The molecule has 0 heterocycles. The average Bonchev–Trinajstić information content (AvgIpc) is 2.37. The van der Waals surface area contributed by atoms with Crippen molar-refractivity contribution >= 4 is 17.3 Å². The van der Waals surface area contributed by atoms with Gasteiger partial charge in [0.15, 0.2) is 0 Å². The zero-order valence-corrected chi connectivity index (χ0v) is 11.0. The second-order valence-electron chi connectivity index (χ2n) is 4.22. The monoisotopic (exact) mass is 287 g/mol. The smallest absolute Gasteiger partial charge is 0.312 e. The molecule has 0 aromatic heterocycles. The number of hydrogen-bond donors (Lipinski definition) is 1. The van der Waals surface area contributed by atoms with Crippen LogP contribution in [-0.4, -0.2) is 34.9 Å². The van der Waals surface area contributed by atoms with Gasteiger partial charge in [0.25, 0.3) is 0 Å². The molecule has 1 aliphatic carbocycles. The Morgan fingerprint density at radius 2 is 2.32 bits per heavy atom. The second-order valence-corrected chi connectivity index (χ2v) is 4.63. The lowest BCUT2D eigenvalue weighted by Crippen LogP contribution is -2.55. The molecule has 19 heavy (non-hydrogen) atoms. The number of nitro benzene ring substituents is 1. The third-order valence-electron chi connectivity index (χ3n) is 2.99. The van der Waals surface area contributed by atoms with Crippen LogP contribution in [0.3, 0.4) is 0 Å². The van der Waals surface area contributed by atoms with Crippen molar-refractivity contribution < 1.29 is 19.5 Å². The SMILES string of the molecule is CCOC1C(O)CC1Oc1c(Cl)cccc1[N+](=O)[O-]. The summed E-state index contributed by atoms with van der Waals surface area (Å²) in [6, 6.07) is 4.34. The molecule has 1 aromatic rings. The number of halogens is 1. The average molecular weight is 288 g/mol. The van der Waals surface area contributed by atoms with Gasteiger partial charge in [0, 0.05) is 19.1 Å². The molecule has 3 atom stereocenters. The van der Waals surface area contributed by atoms with Crippen LogP contribution in [0.25, 0.3) is 0 Å². The summed E-state index contributed by atoms with van der Waals surface area (Å²) in [5.41, 5.74) is -0.191. The molecule has 1 aromatic carbocycles. The molecule has 0 bridgehead atoms. The molecule has 0 amide bonds. The van der Waals surface area contributed by atoms with Gasteiger partial charge in [-0.05, 0) is 13.0 Å². The van der Waals surface area contributed by atoms with Crippen LogP contribution >= 0.6 is 11.6 Å². The first-order valence-electron chi connectivity index (χ1n) is 5.93. The van der Waals surface area contributed by atoms with Gasteiger partial charge in [-0.1, -0.05) is 17.7 Å². The maximum Gasteiger partial charge on any atom is 0.312 e. The third-order valence-corrected chi connectivity index (χ3v) is 3.29. The fraction of sp³-hybridized carbons (Fsp3) is 0.500. The van der Waals surface area contributed by atoms with Gasteiger partial charge in [0.05, 0.1) is 16.0 Å². The molecule has 0 aliphatic heterocycles. The molecular formula is C12H14ClNO5. The Kier molecular flexibility index (Phi) is 4.24. The number of aliphatic hydroxyl groups excluding tert-OH is 1. The summed E-state index contributed by atoms with van der Waals surface area (Å²) in [5.74, 6) is 0.0239. The van der Waals surface area contributed by atoms with E-state index in [2.05, 4.69) is 0 Å². The van der Waals surface area contributed by atoms with Crippen molar-refractivity contribution in [1.29, 1.82) is 0 Å². The van der Waals surface area contributed by atoms with Crippen LogP contribution in [0.5, 0.6) is 5.75 Å². The van der Waals surface area contributed by atoms with Gasteiger partial charge in [-0.2, -0.15) is 0 Å². The highest BCUT2D eigenvalue weighted by molar-refractivity contribution is 6.32. The minimum Gasteiger partial charge on any atom is -0.479 e. The topological polar surface area (TPSA) is 81.8 Å². The molecule has 1 N–H and O–H groups in total. The first-order valence-corrected chi connectivity index (χ1v) is 6.31. The van der Waals surface area contributed by atoms with E-state index < -0.39 is 23.2 Å². The number of benzene rings is 1. The minimum atomic E-state index is -0.605. The standard InChI is InChI=1S/C12H14ClNO5/c1-2-18-12-9(15)6-10(12)19-11-7(13)4-3-5-8(11)14(16)17/h3-5,9-10,12,15H,2,6H2,1H3. The highest BCUT2D eigenvalue weighted by atomic mass is 35.5. The first-order chi connectivity index (χ1) is 9.04. The Morgan fingerprint density at radius 3 is 2.89 bits per heavy atom. The van der Waals surface area contributed by atoms with Crippen molar-refractivity contribution in [3.8, 4) is 5.75 Å². The summed E-state index contributed by atoms with van der Waals surface area (Å²) >= 11 is 5.93. The number of hydrogen-bond acceptors (Lipinski definition) is 5. The van der Waals surface area contributed by atoms with E-state index in [1.54, 1.807) is 6.92 Å². The molecule has 104 valence electrons. The largest absolute Gasteiger partial charge is 0.479 e. The van der Waals surface area contributed by atoms with Crippen molar-refractivity contribution in [2.24, 2.45) is 0 Å². The van der Waals surface area contributed by atoms with E-state index in [0.717, 1.165) is 0 Å². The van der Waals surface area contributed by atoms with Crippen molar-refractivity contribution in [3.63, 3.8) is 0 Å². The molecule has 0 spiro atoms. The summed E-state index contributed by atoms with van der Waals surface area (Å²) in [6.07, 6.45) is -1.13. The maximum absolute atomic E-state index is 10.9. The minimum absolute atomic E-state index is 0.0239. The highest BCUT2D eigenvalue weighted by Crippen LogP contribution is 2.38. The van der Waals surface area contributed by atoms with Crippen LogP contribution in [0.1, 0.15) is 13.3 Å². The van der Waals surface area contributed by atoms with Gasteiger partial charge in [-0.25, -0.2) is 0 Å². The molecule has 2 rings (SSSR count). The van der Waals surface area contributed by atoms with E-state index in [4.69, 9.17) is 21.1 Å². The van der Waals surface area contributed by atoms with Gasteiger partial charge in [-0.15, -0.1) is 0 Å². The second kappa shape index (κ2) is 5.73. The lowest BCUT2D eigenvalue weighted by Gasteiger charge is -2.40. The molecule has 1 fully saturated rings. The molecular weight excluding hydrogens is 274 g/mol. The number of nitrogens with zero attached hydrogens (tertiary/aromatic N) is 1. The Morgan fingerprint density at radius 1 is 1.58 bits per heavy atom. The normalized spacial score (nSPS) is 25.7. The lowest BCUT2D eigenvalue weighted by atomic mass is 9.88. The van der Waals surface area contributed by atoms with Crippen LogP contribution < -0.4 is 4.74 Å². The molecule has 1 saturated carbocycles. The fourth-order valence-electron chi connectivity index (χ4n) is 1.99. The zero-order chi connectivity index (χ0) is 14.0. The number of rotatable bonds is 5. The maximum atomic E-state index is 10.9. The fourth-order valence-corrected chi connectivity index (χ4v) is 2.21. The van der Waals surface area contributed by atoms with E-state index in [1.807, 2.05) is 0 Å². The van der Waals surface area contributed by atoms with Crippen molar-refractivity contribution in [3.05, 3.63) is 33.3 Å². The quantitative estimate of drug-likeness (QED) is 0.663. The number of ether oxygens (including phenoxy) is 2. The van der Waals surface area contributed by atoms with Crippen LogP contribution in [0.4, 0.5) is 5.69 Å². The summed E-state index contributed by atoms with van der Waals surface area (Å²) < 4.78 is 10.9. The van der Waals surface area contributed by atoms with Crippen molar-refractivity contribution in [2.45, 2.75) is 31.7 Å². The van der Waals surface area contributed by atoms with Crippen molar-refractivity contribution in [2.75, 3.05) is 6.61 Å². The van der Waals surface area contributed by atoms with Crippen molar-refractivity contribution in [1.82, 2.24) is 0 Å². The van der Waals surface area contributed by atoms with E-state index in [1.165, 1.54) is 18.2 Å². The molecule has 0 saturated heterocycles. The number of nitro groups is 1. The molecule has 7 heteroatoms. The van der Waals surface area contributed by atoms with Gasteiger partial charge in [-0.3, -0.25) is 10.1 Å². The summed E-state index contributed by atoms with van der Waals surface area (Å²) in [5, 5.41) is 20.7.